The van der Waals surface area contributed by atoms with Crippen molar-refractivity contribution in [2.75, 3.05) is 30.3 Å². The highest BCUT2D eigenvalue weighted by Crippen LogP contribution is 2.40. The molecule has 1 aliphatic heterocycles. The highest BCUT2D eigenvalue weighted by Gasteiger charge is 2.57. The zero-order valence-corrected chi connectivity index (χ0v) is 26.2. The van der Waals surface area contributed by atoms with E-state index in [0.717, 1.165) is 30.8 Å². The molecule has 1 fully saturated rings. The normalized spacial score (nSPS) is 22.8. The minimum absolute atomic E-state index is 0.129. The number of benzene rings is 3. The molecule has 0 saturated carbocycles. The number of carbonyl (C=O) groups is 2. The van der Waals surface area contributed by atoms with E-state index in [1.807, 2.05) is 0 Å². The summed E-state index contributed by atoms with van der Waals surface area (Å²) in [5, 5.41) is 54.1. The summed E-state index contributed by atoms with van der Waals surface area (Å²) in [7, 11) is -0.772. The molecule has 1 aliphatic rings. The first-order chi connectivity index (χ1) is 22.0. The molecule has 0 aliphatic carbocycles. The molecule has 1 amide bonds. The number of sulfonamides is 1. The number of carbonyl (C=O) groups excluding carboxylic acids is 1. The number of hydrogen-bond acceptors (Lipinski definition) is 11. The van der Waals surface area contributed by atoms with Gasteiger partial charge in [-0.1, -0.05) is 24.3 Å². The number of rotatable bonds is 12. The number of aliphatic hydroxyl groups excluding tert-OH is 4. The number of amides is 1. The smallest absolute Gasteiger partial charge is 0.377 e. The minimum Gasteiger partial charge on any atom is -0.476 e. The molecule has 4 rings (SSSR count). The first-order valence-electron chi connectivity index (χ1n) is 14.2. The Morgan fingerprint density at radius 1 is 1.11 bits per heavy atom. The van der Waals surface area contributed by atoms with Crippen LogP contribution in [0.3, 0.4) is 0 Å². The Hall–Kier alpha value is -4.13. The zero-order valence-electron chi connectivity index (χ0n) is 25.4. The molecular formula is C30H35F2N3O11S. The predicted octanol–water partition coefficient (Wildman–Crippen LogP) is 1.17. The molecule has 7 N–H and O–H groups in total. The quantitative estimate of drug-likeness (QED) is 0.143. The number of fused-ring (bicyclic) bond motifs is 1. The van der Waals surface area contributed by atoms with Gasteiger partial charge in [-0.3, -0.25) is 9.52 Å². The van der Waals surface area contributed by atoms with E-state index >= 15 is 0 Å². The van der Waals surface area contributed by atoms with Crippen LogP contribution in [0.4, 0.5) is 20.2 Å². The van der Waals surface area contributed by atoms with Crippen molar-refractivity contribution in [2.45, 2.75) is 60.9 Å². The number of carboxylic acid groups (broad SMARTS) is 1. The van der Waals surface area contributed by atoms with Gasteiger partial charge in [0.15, 0.2) is 0 Å². The van der Waals surface area contributed by atoms with Gasteiger partial charge in [-0.25, -0.2) is 22.0 Å². The van der Waals surface area contributed by atoms with Crippen LogP contribution in [0.1, 0.15) is 25.3 Å². The molecule has 6 atom stereocenters. The topological polar surface area (TPSA) is 215 Å². The Kier molecular flexibility index (Phi) is 10.6. The van der Waals surface area contributed by atoms with Gasteiger partial charge in [-0.2, -0.15) is 0 Å². The molecule has 1 heterocycles. The van der Waals surface area contributed by atoms with Crippen LogP contribution >= 0.6 is 0 Å². The molecule has 3 aromatic carbocycles. The molecule has 0 unspecified atom stereocenters. The number of nitrogens with one attached hydrogen (secondary N) is 2. The van der Waals surface area contributed by atoms with Crippen molar-refractivity contribution in [1.29, 1.82) is 0 Å². The van der Waals surface area contributed by atoms with Gasteiger partial charge in [0.1, 0.15) is 24.1 Å². The van der Waals surface area contributed by atoms with Crippen molar-refractivity contribution in [3.05, 3.63) is 60.2 Å². The van der Waals surface area contributed by atoms with Crippen molar-refractivity contribution in [3.8, 4) is 5.75 Å². The SMILES string of the molecule is CC(=O)N[C@H]1[C@H]([C@H](O)[C@H](O)CO)O[C@@](Oc2ccc(NS(=O)(=O)c3cccc4c(N(C)C)cccc34)cc2C(F)F)(C(=O)O)C[C@@H]1O. The monoisotopic (exact) mass is 683 g/mol. The van der Waals surface area contributed by atoms with Crippen molar-refractivity contribution >= 4 is 44.0 Å². The number of ether oxygens (including phenoxy) is 2. The minimum atomic E-state index is -4.35. The summed E-state index contributed by atoms with van der Waals surface area (Å²) in [5.41, 5.74) is -0.520. The predicted molar refractivity (Wildman–Crippen MR) is 164 cm³/mol. The average Bonchev–Trinajstić information content (AvgIpc) is 3.00. The molecule has 1 saturated heterocycles. The van der Waals surface area contributed by atoms with Crippen molar-refractivity contribution in [1.82, 2.24) is 5.32 Å². The molecule has 3 aromatic rings. The van der Waals surface area contributed by atoms with Crippen molar-refractivity contribution in [2.24, 2.45) is 0 Å². The van der Waals surface area contributed by atoms with E-state index in [0.29, 0.717) is 10.8 Å². The second-order valence-electron chi connectivity index (χ2n) is 11.2. The average molecular weight is 684 g/mol. The molecule has 256 valence electrons. The van der Waals surface area contributed by atoms with E-state index in [1.54, 1.807) is 43.3 Å². The summed E-state index contributed by atoms with van der Waals surface area (Å²) < 4.78 is 68.9. The van der Waals surface area contributed by atoms with Crippen LogP contribution < -0.4 is 19.7 Å². The molecule has 14 nitrogen and oxygen atoms in total. The molecular weight excluding hydrogens is 648 g/mol. The van der Waals surface area contributed by atoms with Crippen LogP contribution in [0.2, 0.25) is 0 Å². The number of alkyl halides is 2. The molecule has 0 radical (unpaired) electrons. The van der Waals surface area contributed by atoms with Crippen LogP contribution in [0, 0.1) is 0 Å². The third kappa shape index (κ3) is 7.39. The third-order valence-electron chi connectivity index (χ3n) is 7.59. The Morgan fingerprint density at radius 2 is 1.77 bits per heavy atom. The van der Waals surface area contributed by atoms with Crippen molar-refractivity contribution < 1.29 is 61.8 Å². The third-order valence-corrected chi connectivity index (χ3v) is 9.03. The van der Waals surface area contributed by atoms with Gasteiger partial charge in [0.25, 0.3) is 16.4 Å². The summed E-state index contributed by atoms with van der Waals surface area (Å²) in [5.74, 6) is -6.37. The number of aliphatic hydroxyl groups is 4. The van der Waals surface area contributed by atoms with Crippen LogP contribution in [-0.4, -0.2) is 103 Å². The van der Waals surface area contributed by atoms with Crippen LogP contribution in [-0.2, 0) is 24.3 Å². The fourth-order valence-electron chi connectivity index (χ4n) is 5.38. The van der Waals surface area contributed by atoms with E-state index in [1.165, 1.54) is 12.1 Å². The fraction of sp³-hybridized carbons (Fsp3) is 0.400. The first kappa shape index (κ1) is 35.7. The van der Waals surface area contributed by atoms with Gasteiger partial charge >= 0.3 is 11.8 Å². The maximum atomic E-state index is 14.4. The lowest BCUT2D eigenvalue weighted by molar-refractivity contribution is -0.284. The van der Waals surface area contributed by atoms with Gasteiger partial charge in [0, 0.05) is 43.2 Å². The van der Waals surface area contributed by atoms with E-state index < -0.39 is 88.9 Å². The Bertz CT molecular complexity index is 1740. The fourth-order valence-corrected chi connectivity index (χ4v) is 6.66. The molecule has 17 heteroatoms. The zero-order chi connectivity index (χ0) is 34.8. The van der Waals surface area contributed by atoms with Gasteiger partial charge < -0.3 is 45.2 Å². The summed E-state index contributed by atoms with van der Waals surface area (Å²) in [6, 6.07) is 10.9. The standard InChI is InChI=1S/C30H35F2N3O11S/c1-15(37)33-25-21(38)13-30(29(41)42,46-27(25)26(40)22(39)14-36)45-23-11-10-16(12-19(23)28(31)32)34-47(43,44)24-9-5-6-17-18(24)7-4-8-20(17)35(2)3/h4-12,21-22,25-28,34,36,38-40H,13-14H2,1-3H3,(H,33,37)(H,41,42)/t21-,22+,25+,26+,27+,30+/m0/s1. The van der Waals surface area contributed by atoms with Gasteiger partial charge in [0.05, 0.1) is 35.6 Å². The molecule has 0 aromatic heterocycles. The van der Waals surface area contributed by atoms with E-state index in [-0.39, 0.29) is 10.6 Å². The highest BCUT2D eigenvalue weighted by molar-refractivity contribution is 7.93. The summed E-state index contributed by atoms with van der Waals surface area (Å²) in [4.78, 5) is 25.9. The highest BCUT2D eigenvalue weighted by atomic mass is 32.2. The lowest BCUT2D eigenvalue weighted by atomic mass is 9.88. The Morgan fingerprint density at radius 3 is 2.36 bits per heavy atom. The lowest BCUT2D eigenvalue weighted by Crippen LogP contribution is -2.68. The number of anilines is 2. The number of nitrogens with zero attached hydrogens (tertiary/aromatic N) is 1. The number of hydrogen-bond donors (Lipinski definition) is 7. The lowest BCUT2D eigenvalue weighted by Gasteiger charge is -2.46. The molecule has 0 spiro atoms. The van der Waals surface area contributed by atoms with Crippen molar-refractivity contribution in [3.63, 3.8) is 0 Å². The van der Waals surface area contributed by atoms with E-state index in [4.69, 9.17) is 9.47 Å². The van der Waals surface area contributed by atoms with Gasteiger partial charge in [-0.05, 0) is 30.3 Å². The Labute approximate surface area is 268 Å². The number of carboxylic acids is 1. The molecule has 0 bridgehead atoms. The summed E-state index contributed by atoms with van der Waals surface area (Å²) >= 11 is 0. The van der Waals surface area contributed by atoms with Crippen LogP contribution in [0.25, 0.3) is 10.8 Å². The Balaban J connectivity index is 1.71. The maximum Gasteiger partial charge on any atom is 0.377 e. The maximum absolute atomic E-state index is 14.4. The first-order valence-corrected chi connectivity index (χ1v) is 15.7. The number of halogens is 2. The summed E-state index contributed by atoms with van der Waals surface area (Å²) in [6.45, 7) is 0.0352. The largest absolute Gasteiger partial charge is 0.476 e. The van der Waals surface area contributed by atoms with E-state index in [9.17, 15) is 52.3 Å². The second-order valence-corrected chi connectivity index (χ2v) is 12.8. The molecule has 47 heavy (non-hydrogen) atoms. The van der Waals surface area contributed by atoms with Gasteiger partial charge in [-0.15, -0.1) is 0 Å². The van der Waals surface area contributed by atoms with Crippen LogP contribution in [0.5, 0.6) is 5.75 Å². The van der Waals surface area contributed by atoms with E-state index in [2.05, 4.69) is 10.0 Å². The summed E-state index contributed by atoms with van der Waals surface area (Å²) in [6.07, 6.45) is -12.0. The number of aliphatic carboxylic acids is 1. The van der Waals surface area contributed by atoms with Gasteiger partial charge in [0.2, 0.25) is 5.91 Å². The second kappa shape index (κ2) is 13.9. The van der Waals surface area contributed by atoms with Crippen LogP contribution in [0.15, 0.2) is 59.5 Å².